The first-order valence-corrected chi connectivity index (χ1v) is 5.96. The van der Waals surface area contributed by atoms with Gasteiger partial charge in [-0.2, -0.15) is 13.2 Å². The number of hydrogen-bond donors (Lipinski definition) is 0. The van der Waals surface area contributed by atoms with Crippen molar-refractivity contribution in [2.45, 2.75) is 12.7 Å². The Balaban J connectivity index is 1.88. The molecule has 2 heterocycles. The zero-order valence-corrected chi connectivity index (χ0v) is 10.3. The van der Waals surface area contributed by atoms with E-state index in [4.69, 9.17) is 0 Å². The van der Waals surface area contributed by atoms with Crippen LogP contribution in [0.2, 0.25) is 0 Å². The number of halogens is 3. The number of fused-ring (bicyclic) bond motifs is 1. The molecule has 0 aliphatic heterocycles. The summed E-state index contributed by atoms with van der Waals surface area (Å²) in [4.78, 5) is 8.41. The summed E-state index contributed by atoms with van der Waals surface area (Å²) in [6.45, 7) is 0.436. The van der Waals surface area contributed by atoms with Crippen molar-refractivity contribution in [3.05, 3.63) is 60.0 Å². The number of pyridine rings is 1. The lowest BCUT2D eigenvalue weighted by molar-refractivity contribution is -0.137. The number of hydrogen-bond acceptors (Lipinski definition) is 2. The highest BCUT2D eigenvalue weighted by molar-refractivity contribution is 5.70. The van der Waals surface area contributed by atoms with Crippen LogP contribution in [0.4, 0.5) is 13.2 Å². The fraction of sp³-hybridized carbons (Fsp3) is 0.143. The maximum Gasteiger partial charge on any atom is 0.416 e. The van der Waals surface area contributed by atoms with Crippen LogP contribution in [0, 0.1) is 0 Å². The van der Waals surface area contributed by atoms with E-state index in [0.29, 0.717) is 12.2 Å². The number of alkyl halides is 3. The van der Waals surface area contributed by atoms with Gasteiger partial charge in [-0.25, -0.2) is 9.97 Å². The molecule has 2 aromatic heterocycles. The van der Waals surface area contributed by atoms with Crippen molar-refractivity contribution in [1.82, 2.24) is 14.5 Å². The number of benzene rings is 1. The smallest absolute Gasteiger partial charge is 0.311 e. The number of aromatic nitrogens is 3. The van der Waals surface area contributed by atoms with E-state index in [1.165, 1.54) is 12.1 Å². The van der Waals surface area contributed by atoms with Crippen LogP contribution in [-0.4, -0.2) is 14.5 Å². The fourth-order valence-corrected chi connectivity index (χ4v) is 2.01. The van der Waals surface area contributed by atoms with Gasteiger partial charge in [-0.15, -0.1) is 0 Å². The van der Waals surface area contributed by atoms with E-state index in [1.807, 2.05) is 6.07 Å². The van der Waals surface area contributed by atoms with Crippen molar-refractivity contribution in [3.8, 4) is 0 Å². The lowest BCUT2D eigenvalue weighted by Gasteiger charge is -2.08. The van der Waals surface area contributed by atoms with Crippen LogP contribution >= 0.6 is 0 Å². The normalized spacial score (nSPS) is 11.9. The Morgan fingerprint density at radius 3 is 2.45 bits per heavy atom. The minimum atomic E-state index is -4.30. The Morgan fingerprint density at radius 2 is 1.75 bits per heavy atom. The summed E-state index contributed by atoms with van der Waals surface area (Å²) in [6, 6.07) is 8.74. The Hall–Kier alpha value is -2.37. The van der Waals surface area contributed by atoms with Crippen LogP contribution < -0.4 is 0 Å². The van der Waals surface area contributed by atoms with Crippen molar-refractivity contribution in [1.29, 1.82) is 0 Å². The molecule has 6 heteroatoms. The highest BCUT2D eigenvalue weighted by atomic mass is 19.4. The van der Waals surface area contributed by atoms with Gasteiger partial charge in [-0.1, -0.05) is 12.1 Å². The minimum absolute atomic E-state index is 0.436. The van der Waals surface area contributed by atoms with E-state index < -0.39 is 11.7 Å². The molecular weight excluding hydrogens is 267 g/mol. The van der Waals surface area contributed by atoms with Gasteiger partial charge in [0.1, 0.15) is 5.52 Å². The third-order valence-corrected chi connectivity index (χ3v) is 3.01. The van der Waals surface area contributed by atoms with Gasteiger partial charge >= 0.3 is 6.18 Å². The first kappa shape index (κ1) is 12.7. The molecule has 0 N–H and O–H groups in total. The van der Waals surface area contributed by atoms with Crippen LogP contribution in [-0.2, 0) is 12.7 Å². The number of nitrogens with zero attached hydrogens (tertiary/aromatic N) is 3. The molecule has 3 rings (SSSR count). The highest BCUT2D eigenvalue weighted by Crippen LogP contribution is 2.29. The average Bonchev–Trinajstić information content (AvgIpc) is 2.82. The van der Waals surface area contributed by atoms with Gasteiger partial charge < -0.3 is 4.57 Å². The Morgan fingerprint density at radius 1 is 1.00 bits per heavy atom. The van der Waals surface area contributed by atoms with Crippen molar-refractivity contribution in [2.24, 2.45) is 0 Å². The minimum Gasteiger partial charge on any atom is -0.311 e. The molecule has 0 saturated heterocycles. The first-order valence-electron chi connectivity index (χ1n) is 5.96. The molecule has 0 spiro atoms. The zero-order valence-electron chi connectivity index (χ0n) is 10.3. The van der Waals surface area contributed by atoms with Crippen LogP contribution in [0.25, 0.3) is 11.2 Å². The van der Waals surface area contributed by atoms with Crippen LogP contribution in [0.1, 0.15) is 11.1 Å². The molecular formula is C14H10F3N3. The van der Waals surface area contributed by atoms with Gasteiger partial charge in [0.25, 0.3) is 0 Å². The lowest BCUT2D eigenvalue weighted by Crippen LogP contribution is -2.05. The van der Waals surface area contributed by atoms with Gasteiger partial charge in [0.15, 0.2) is 5.65 Å². The monoisotopic (exact) mass is 277 g/mol. The van der Waals surface area contributed by atoms with Gasteiger partial charge in [0.05, 0.1) is 18.4 Å². The largest absolute Gasteiger partial charge is 0.416 e. The quantitative estimate of drug-likeness (QED) is 0.717. The molecule has 20 heavy (non-hydrogen) atoms. The van der Waals surface area contributed by atoms with Crippen molar-refractivity contribution in [2.75, 3.05) is 0 Å². The predicted molar refractivity (Wildman–Crippen MR) is 68.1 cm³/mol. The average molecular weight is 277 g/mol. The summed E-state index contributed by atoms with van der Waals surface area (Å²) < 4.78 is 39.2. The molecule has 0 bridgehead atoms. The van der Waals surface area contributed by atoms with Crippen molar-refractivity contribution < 1.29 is 13.2 Å². The van der Waals surface area contributed by atoms with E-state index in [9.17, 15) is 13.2 Å². The van der Waals surface area contributed by atoms with E-state index in [2.05, 4.69) is 9.97 Å². The van der Waals surface area contributed by atoms with Gasteiger partial charge in [-0.05, 0) is 29.8 Å². The molecule has 0 fully saturated rings. The Bertz CT molecular complexity index is 729. The number of rotatable bonds is 2. The third kappa shape index (κ3) is 2.36. The third-order valence-electron chi connectivity index (χ3n) is 3.01. The second-order valence-electron chi connectivity index (χ2n) is 4.41. The molecule has 1 aromatic carbocycles. The molecule has 0 atom stereocenters. The SMILES string of the molecule is FC(F)(F)c1ccc(Cn2cnc3cccnc32)cc1. The molecule has 0 radical (unpaired) electrons. The van der Waals surface area contributed by atoms with Gasteiger partial charge in [-0.3, -0.25) is 0 Å². The Labute approximate surface area is 112 Å². The fourth-order valence-electron chi connectivity index (χ4n) is 2.01. The summed E-state index contributed by atoms with van der Waals surface area (Å²) >= 11 is 0. The van der Waals surface area contributed by atoms with E-state index in [-0.39, 0.29) is 0 Å². The molecule has 0 aliphatic rings. The molecule has 0 saturated carbocycles. The van der Waals surface area contributed by atoms with Gasteiger partial charge in [0, 0.05) is 6.20 Å². The maximum absolute atomic E-state index is 12.5. The standard InChI is InChI=1S/C14H10F3N3/c15-14(16,17)11-5-3-10(4-6-11)8-20-9-19-12-2-1-7-18-13(12)20/h1-7,9H,8H2. The van der Waals surface area contributed by atoms with E-state index in [1.54, 1.807) is 23.2 Å². The second kappa shape index (κ2) is 4.63. The van der Waals surface area contributed by atoms with Crippen molar-refractivity contribution in [3.63, 3.8) is 0 Å². The molecule has 0 aliphatic carbocycles. The molecule has 102 valence electrons. The zero-order chi connectivity index (χ0) is 14.2. The van der Waals surface area contributed by atoms with Crippen molar-refractivity contribution >= 4 is 11.2 Å². The summed E-state index contributed by atoms with van der Waals surface area (Å²) in [7, 11) is 0. The molecule has 3 nitrogen and oxygen atoms in total. The van der Waals surface area contributed by atoms with E-state index in [0.717, 1.165) is 23.2 Å². The lowest BCUT2D eigenvalue weighted by atomic mass is 10.1. The topological polar surface area (TPSA) is 30.7 Å². The highest BCUT2D eigenvalue weighted by Gasteiger charge is 2.29. The van der Waals surface area contributed by atoms with E-state index >= 15 is 0 Å². The molecule has 3 aromatic rings. The summed E-state index contributed by atoms with van der Waals surface area (Å²) in [5.74, 6) is 0. The molecule has 0 amide bonds. The van der Waals surface area contributed by atoms with Gasteiger partial charge in [0.2, 0.25) is 0 Å². The van der Waals surface area contributed by atoms with Crippen LogP contribution in [0.3, 0.4) is 0 Å². The maximum atomic E-state index is 12.5. The van der Waals surface area contributed by atoms with Crippen LogP contribution in [0.5, 0.6) is 0 Å². The first-order chi connectivity index (χ1) is 9.54. The summed E-state index contributed by atoms with van der Waals surface area (Å²) in [6.07, 6.45) is -1.01. The Kier molecular flexibility index (Phi) is 2.93. The second-order valence-corrected chi connectivity index (χ2v) is 4.41. The number of imidazole rings is 1. The predicted octanol–water partition coefficient (Wildman–Crippen LogP) is 3.50. The van der Waals surface area contributed by atoms with Crippen LogP contribution in [0.15, 0.2) is 48.9 Å². The summed E-state index contributed by atoms with van der Waals surface area (Å²) in [5.41, 5.74) is 1.60. The summed E-state index contributed by atoms with van der Waals surface area (Å²) in [5, 5.41) is 0. The molecule has 0 unspecified atom stereocenters.